The van der Waals surface area contributed by atoms with Gasteiger partial charge in [0, 0.05) is 11.1 Å². The second kappa shape index (κ2) is 3.16. The van der Waals surface area contributed by atoms with Gasteiger partial charge in [0.2, 0.25) is 0 Å². The molecule has 1 heterocycles. The molecule has 2 aromatic rings. The number of terminal acetylenes is 1. The Bertz CT molecular complexity index is 420. The fourth-order valence-electron chi connectivity index (χ4n) is 1.09. The zero-order chi connectivity index (χ0) is 9.10. The lowest BCUT2D eigenvalue weighted by atomic mass is 10.1. The first-order valence-electron chi connectivity index (χ1n) is 3.85. The quantitative estimate of drug-likeness (QED) is 0.612. The summed E-state index contributed by atoms with van der Waals surface area (Å²) in [5.74, 6) is 3.31. The fourth-order valence-corrected chi connectivity index (χ4v) is 1.09. The van der Waals surface area contributed by atoms with Crippen molar-refractivity contribution in [2.45, 2.75) is 0 Å². The third-order valence-electron chi connectivity index (χ3n) is 1.77. The van der Waals surface area contributed by atoms with Crippen molar-refractivity contribution in [2.75, 3.05) is 0 Å². The number of aromatic nitrogens is 1. The summed E-state index contributed by atoms with van der Waals surface area (Å²) in [5, 5.41) is 0. The van der Waals surface area contributed by atoms with Gasteiger partial charge in [0.25, 0.3) is 0 Å². The predicted octanol–water partition coefficient (Wildman–Crippen LogP) is 2.32. The SMILES string of the molecule is C#Cc1ccc(-c2cnco2)cc1. The Labute approximate surface area is 76.2 Å². The summed E-state index contributed by atoms with van der Waals surface area (Å²) in [6.07, 6.45) is 8.31. The van der Waals surface area contributed by atoms with Crippen LogP contribution in [0.4, 0.5) is 0 Å². The average molecular weight is 169 g/mol. The molecule has 1 aromatic heterocycles. The summed E-state index contributed by atoms with van der Waals surface area (Å²) in [6, 6.07) is 7.57. The van der Waals surface area contributed by atoms with Crippen molar-refractivity contribution < 1.29 is 4.42 Å². The summed E-state index contributed by atoms with van der Waals surface area (Å²) in [7, 11) is 0. The Kier molecular flexibility index (Phi) is 1.85. The molecular weight excluding hydrogens is 162 g/mol. The third-order valence-corrected chi connectivity index (χ3v) is 1.77. The van der Waals surface area contributed by atoms with E-state index in [1.165, 1.54) is 6.39 Å². The van der Waals surface area contributed by atoms with Crippen LogP contribution in [0.5, 0.6) is 0 Å². The van der Waals surface area contributed by atoms with Crippen molar-refractivity contribution in [3.8, 4) is 23.7 Å². The van der Waals surface area contributed by atoms with E-state index in [0.29, 0.717) is 0 Å². The van der Waals surface area contributed by atoms with Crippen LogP contribution >= 0.6 is 0 Å². The van der Waals surface area contributed by atoms with Crippen molar-refractivity contribution in [1.82, 2.24) is 4.98 Å². The molecule has 0 spiro atoms. The molecule has 62 valence electrons. The second-order valence-electron chi connectivity index (χ2n) is 2.59. The molecule has 2 heteroatoms. The molecule has 2 nitrogen and oxygen atoms in total. The highest BCUT2D eigenvalue weighted by molar-refractivity contribution is 5.57. The lowest BCUT2D eigenvalue weighted by Gasteiger charge is -1.94. The van der Waals surface area contributed by atoms with Crippen LogP contribution in [-0.4, -0.2) is 4.98 Å². The van der Waals surface area contributed by atoms with Crippen molar-refractivity contribution in [2.24, 2.45) is 0 Å². The van der Waals surface area contributed by atoms with Crippen LogP contribution in [0, 0.1) is 12.3 Å². The first kappa shape index (κ1) is 7.63. The molecule has 0 aliphatic carbocycles. The van der Waals surface area contributed by atoms with Gasteiger partial charge in [-0.1, -0.05) is 5.92 Å². The lowest BCUT2D eigenvalue weighted by Crippen LogP contribution is -1.75. The average Bonchev–Trinajstić information content (AvgIpc) is 2.71. The maximum absolute atomic E-state index is 5.23. The molecule has 13 heavy (non-hydrogen) atoms. The Morgan fingerprint density at radius 3 is 2.54 bits per heavy atom. The number of benzene rings is 1. The number of rotatable bonds is 1. The lowest BCUT2D eigenvalue weighted by molar-refractivity contribution is 0.572. The Balaban J connectivity index is 2.40. The normalized spacial score (nSPS) is 9.46. The van der Waals surface area contributed by atoms with Crippen molar-refractivity contribution >= 4 is 0 Å². The van der Waals surface area contributed by atoms with Crippen LogP contribution in [0.3, 0.4) is 0 Å². The summed E-state index contributed by atoms with van der Waals surface area (Å²) < 4.78 is 5.13. The molecule has 0 atom stereocenters. The molecule has 0 unspecified atom stereocenters. The monoisotopic (exact) mass is 169 g/mol. The van der Waals surface area contributed by atoms with Gasteiger partial charge in [-0.15, -0.1) is 6.42 Å². The highest BCUT2D eigenvalue weighted by Gasteiger charge is 1.99. The van der Waals surface area contributed by atoms with Crippen molar-refractivity contribution in [1.29, 1.82) is 0 Å². The number of nitrogens with zero attached hydrogens (tertiary/aromatic N) is 1. The zero-order valence-corrected chi connectivity index (χ0v) is 6.90. The largest absolute Gasteiger partial charge is 0.444 e. The van der Waals surface area contributed by atoms with Gasteiger partial charge in [0.05, 0.1) is 6.20 Å². The molecule has 0 radical (unpaired) electrons. The van der Waals surface area contributed by atoms with E-state index < -0.39 is 0 Å². The van der Waals surface area contributed by atoms with Crippen molar-refractivity contribution in [3.63, 3.8) is 0 Å². The molecule has 2 rings (SSSR count). The van der Waals surface area contributed by atoms with Crippen LogP contribution in [0.2, 0.25) is 0 Å². The van der Waals surface area contributed by atoms with Crippen LogP contribution < -0.4 is 0 Å². The van der Waals surface area contributed by atoms with E-state index in [1.54, 1.807) is 6.20 Å². The maximum atomic E-state index is 5.23. The fraction of sp³-hybridized carbons (Fsp3) is 0. The predicted molar refractivity (Wildman–Crippen MR) is 49.9 cm³/mol. The Morgan fingerprint density at radius 1 is 1.23 bits per heavy atom. The maximum Gasteiger partial charge on any atom is 0.181 e. The van der Waals surface area contributed by atoms with E-state index in [-0.39, 0.29) is 0 Å². The molecule has 0 aliphatic heterocycles. The summed E-state index contributed by atoms with van der Waals surface area (Å²) in [6.45, 7) is 0. The molecule has 0 N–H and O–H groups in total. The molecule has 0 amide bonds. The van der Waals surface area contributed by atoms with E-state index in [9.17, 15) is 0 Å². The summed E-state index contributed by atoms with van der Waals surface area (Å²) in [5.41, 5.74) is 1.85. The van der Waals surface area contributed by atoms with E-state index in [4.69, 9.17) is 10.8 Å². The highest BCUT2D eigenvalue weighted by atomic mass is 16.3. The van der Waals surface area contributed by atoms with E-state index >= 15 is 0 Å². The van der Waals surface area contributed by atoms with E-state index in [0.717, 1.165) is 16.9 Å². The summed E-state index contributed by atoms with van der Waals surface area (Å²) >= 11 is 0. The minimum absolute atomic E-state index is 0.753. The molecule has 1 aromatic carbocycles. The number of oxazole rings is 1. The Morgan fingerprint density at radius 2 is 2.00 bits per heavy atom. The highest BCUT2D eigenvalue weighted by Crippen LogP contribution is 2.18. The smallest absolute Gasteiger partial charge is 0.181 e. The topological polar surface area (TPSA) is 26.0 Å². The standard InChI is InChI=1S/C11H7NO/c1-2-9-3-5-10(6-4-9)11-7-12-8-13-11/h1,3-8H. The molecule has 0 aliphatic rings. The minimum atomic E-state index is 0.753. The van der Waals surface area contributed by atoms with E-state index in [2.05, 4.69) is 10.9 Å². The molecular formula is C11H7NO. The van der Waals surface area contributed by atoms with Crippen LogP contribution in [0.25, 0.3) is 11.3 Å². The number of hydrogen-bond donors (Lipinski definition) is 0. The molecule has 0 bridgehead atoms. The molecule has 0 fully saturated rings. The first-order valence-corrected chi connectivity index (χ1v) is 3.85. The second-order valence-corrected chi connectivity index (χ2v) is 2.59. The zero-order valence-electron chi connectivity index (χ0n) is 6.90. The van der Waals surface area contributed by atoms with Gasteiger partial charge < -0.3 is 4.42 Å². The Hall–Kier alpha value is -2.01. The van der Waals surface area contributed by atoms with Gasteiger partial charge in [0.1, 0.15) is 0 Å². The van der Waals surface area contributed by atoms with Gasteiger partial charge in [-0.3, -0.25) is 0 Å². The van der Waals surface area contributed by atoms with E-state index in [1.807, 2.05) is 24.3 Å². The molecule has 0 saturated carbocycles. The first-order chi connectivity index (χ1) is 6.40. The third kappa shape index (κ3) is 1.45. The van der Waals surface area contributed by atoms with Gasteiger partial charge in [0.15, 0.2) is 12.2 Å². The van der Waals surface area contributed by atoms with Crippen LogP contribution in [-0.2, 0) is 0 Å². The molecule has 0 saturated heterocycles. The van der Waals surface area contributed by atoms with Gasteiger partial charge in [-0.2, -0.15) is 0 Å². The van der Waals surface area contributed by atoms with Gasteiger partial charge >= 0.3 is 0 Å². The van der Waals surface area contributed by atoms with Gasteiger partial charge in [-0.25, -0.2) is 4.98 Å². The van der Waals surface area contributed by atoms with Crippen LogP contribution in [0.1, 0.15) is 5.56 Å². The van der Waals surface area contributed by atoms with Crippen LogP contribution in [0.15, 0.2) is 41.3 Å². The summed E-state index contributed by atoms with van der Waals surface area (Å²) in [4.78, 5) is 3.83. The van der Waals surface area contributed by atoms with Crippen molar-refractivity contribution in [3.05, 3.63) is 42.4 Å². The number of hydrogen-bond acceptors (Lipinski definition) is 2. The minimum Gasteiger partial charge on any atom is -0.444 e. The van der Waals surface area contributed by atoms with Gasteiger partial charge in [-0.05, 0) is 24.3 Å².